The van der Waals surface area contributed by atoms with E-state index in [0.29, 0.717) is 19.4 Å². The lowest BCUT2D eigenvalue weighted by molar-refractivity contribution is -0.142. The third kappa shape index (κ3) is 4.74. The molecular formula is C12H24N2O4S. The Kier molecular flexibility index (Phi) is 5.34. The smallest absolute Gasteiger partial charge is 0.306 e. The van der Waals surface area contributed by atoms with Gasteiger partial charge in [-0.05, 0) is 24.7 Å². The summed E-state index contributed by atoms with van der Waals surface area (Å²) in [5.74, 6) is -1.25. The highest BCUT2D eigenvalue weighted by atomic mass is 32.2. The second-order valence-corrected chi connectivity index (χ2v) is 7.61. The molecule has 1 aliphatic heterocycles. The van der Waals surface area contributed by atoms with Crippen LogP contribution in [0.2, 0.25) is 0 Å². The zero-order valence-electron chi connectivity index (χ0n) is 11.8. The summed E-state index contributed by atoms with van der Waals surface area (Å²) in [6, 6.07) is 0. The molecule has 0 radical (unpaired) electrons. The summed E-state index contributed by atoms with van der Waals surface area (Å²) in [5.41, 5.74) is -0.0769. The zero-order chi connectivity index (χ0) is 14.7. The molecule has 1 heterocycles. The molecule has 1 saturated heterocycles. The number of carboxylic acids is 1. The Morgan fingerprint density at radius 1 is 1.37 bits per heavy atom. The van der Waals surface area contributed by atoms with Gasteiger partial charge in [0.25, 0.3) is 10.2 Å². The first kappa shape index (κ1) is 16.4. The molecule has 0 unspecified atom stereocenters. The van der Waals surface area contributed by atoms with Crippen molar-refractivity contribution in [1.29, 1.82) is 0 Å². The fraction of sp³-hybridized carbons (Fsp3) is 0.917. The van der Waals surface area contributed by atoms with Gasteiger partial charge in [0, 0.05) is 19.6 Å². The van der Waals surface area contributed by atoms with Crippen LogP contribution in [-0.4, -0.2) is 43.4 Å². The molecule has 1 rings (SSSR count). The largest absolute Gasteiger partial charge is 0.481 e. The van der Waals surface area contributed by atoms with Gasteiger partial charge in [-0.3, -0.25) is 4.79 Å². The van der Waals surface area contributed by atoms with Gasteiger partial charge >= 0.3 is 5.97 Å². The summed E-state index contributed by atoms with van der Waals surface area (Å²) in [6.07, 6.45) is 1.65. The molecule has 0 amide bonds. The van der Waals surface area contributed by atoms with E-state index >= 15 is 0 Å². The molecule has 0 aromatic carbocycles. The first-order valence-corrected chi connectivity index (χ1v) is 8.09. The van der Waals surface area contributed by atoms with Crippen LogP contribution in [-0.2, 0) is 15.0 Å². The Balaban J connectivity index is 2.54. The summed E-state index contributed by atoms with van der Waals surface area (Å²) in [7, 11) is -3.49. The minimum Gasteiger partial charge on any atom is -0.481 e. The lowest BCUT2D eigenvalue weighted by Crippen LogP contribution is -2.47. The van der Waals surface area contributed by atoms with Crippen molar-refractivity contribution in [3.05, 3.63) is 0 Å². The van der Waals surface area contributed by atoms with Gasteiger partial charge in [0.2, 0.25) is 0 Å². The number of aliphatic carboxylic acids is 1. The second kappa shape index (κ2) is 6.19. The van der Waals surface area contributed by atoms with Gasteiger partial charge < -0.3 is 5.11 Å². The van der Waals surface area contributed by atoms with Crippen LogP contribution in [0.15, 0.2) is 0 Å². The van der Waals surface area contributed by atoms with Crippen molar-refractivity contribution in [3.63, 3.8) is 0 Å². The molecule has 112 valence electrons. The molecule has 0 aromatic rings. The van der Waals surface area contributed by atoms with E-state index < -0.39 is 22.1 Å². The maximum atomic E-state index is 12.1. The summed E-state index contributed by atoms with van der Waals surface area (Å²) < 4.78 is 28.1. The SMILES string of the molecule is CCC(C)(C)CNS(=O)(=O)N1CCC(C(=O)O)CC1. The summed E-state index contributed by atoms with van der Waals surface area (Å²) in [5, 5.41) is 8.89. The van der Waals surface area contributed by atoms with Crippen LogP contribution in [0.4, 0.5) is 0 Å². The maximum absolute atomic E-state index is 12.1. The number of hydrogen-bond donors (Lipinski definition) is 2. The van der Waals surface area contributed by atoms with Crippen molar-refractivity contribution < 1.29 is 18.3 Å². The molecule has 0 aromatic heterocycles. The molecule has 7 heteroatoms. The number of carbonyl (C=O) groups is 1. The average Bonchev–Trinajstić information content (AvgIpc) is 2.37. The van der Waals surface area contributed by atoms with Crippen molar-refractivity contribution in [1.82, 2.24) is 9.03 Å². The van der Waals surface area contributed by atoms with Crippen LogP contribution in [0, 0.1) is 11.3 Å². The maximum Gasteiger partial charge on any atom is 0.306 e. The molecule has 0 atom stereocenters. The van der Waals surface area contributed by atoms with Gasteiger partial charge in [-0.1, -0.05) is 20.8 Å². The Bertz CT molecular complexity index is 411. The molecule has 0 spiro atoms. The Labute approximate surface area is 115 Å². The number of rotatable bonds is 6. The van der Waals surface area contributed by atoms with Crippen LogP contribution in [0.5, 0.6) is 0 Å². The molecule has 2 N–H and O–H groups in total. The molecule has 1 aliphatic rings. The van der Waals surface area contributed by atoms with E-state index in [9.17, 15) is 13.2 Å². The third-order valence-electron chi connectivity index (χ3n) is 3.83. The standard InChI is InChI=1S/C12H24N2O4S/c1-4-12(2,3)9-13-19(17,18)14-7-5-10(6-8-14)11(15)16/h10,13H,4-9H2,1-3H3,(H,15,16). The van der Waals surface area contributed by atoms with Gasteiger partial charge in [0.15, 0.2) is 0 Å². The molecular weight excluding hydrogens is 268 g/mol. The van der Waals surface area contributed by atoms with E-state index in [4.69, 9.17) is 5.11 Å². The van der Waals surface area contributed by atoms with Crippen molar-refractivity contribution in [2.24, 2.45) is 11.3 Å². The number of nitrogens with one attached hydrogen (secondary N) is 1. The van der Waals surface area contributed by atoms with E-state index in [2.05, 4.69) is 4.72 Å². The van der Waals surface area contributed by atoms with Crippen LogP contribution in [0.3, 0.4) is 0 Å². The van der Waals surface area contributed by atoms with Crippen LogP contribution < -0.4 is 4.72 Å². The Morgan fingerprint density at radius 2 is 1.89 bits per heavy atom. The molecule has 19 heavy (non-hydrogen) atoms. The highest BCUT2D eigenvalue weighted by Gasteiger charge is 2.31. The molecule has 0 bridgehead atoms. The quantitative estimate of drug-likeness (QED) is 0.766. The predicted octanol–water partition coefficient (Wildman–Crippen LogP) is 1.05. The molecule has 1 fully saturated rings. The number of piperidine rings is 1. The Morgan fingerprint density at radius 3 is 2.32 bits per heavy atom. The summed E-state index contributed by atoms with van der Waals surface area (Å²) in [6.45, 7) is 6.98. The summed E-state index contributed by atoms with van der Waals surface area (Å²) in [4.78, 5) is 10.8. The number of hydrogen-bond acceptors (Lipinski definition) is 3. The number of nitrogens with zero attached hydrogens (tertiary/aromatic N) is 1. The average molecular weight is 292 g/mol. The van der Waals surface area contributed by atoms with Gasteiger partial charge in [0.05, 0.1) is 5.92 Å². The van der Waals surface area contributed by atoms with E-state index in [1.54, 1.807) is 0 Å². The normalized spacial score (nSPS) is 19.5. The monoisotopic (exact) mass is 292 g/mol. The topological polar surface area (TPSA) is 86.7 Å². The third-order valence-corrected chi connectivity index (χ3v) is 5.39. The lowest BCUT2D eigenvalue weighted by Gasteiger charge is -2.31. The fourth-order valence-electron chi connectivity index (χ4n) is 1.85. The van der Waals surface area contributed by atoms with E-state index in [1.165, 1.54) is 4.31 Å². The minimum absolute atomic E-state index is 0.0769. The first-order chi connectivity index (χ1) is 8.68. The number of carboxylic acid groups (broad SMARTS) is 1. The van der Waals surface area contributed by atoms with Crippen LogP contribution >= 0.6 is 0 Å². The molecule has 0 aliphatic carbocycles. The minimum atomic E-state index is -3.49. The van der Waals surface area contributed by atoms with Gasteiger partial charge in [-0.2, -0.15) is 12.7 Å². The van der Waals surface area contributed by atoms with Crippen molar-refractivity contribution in [3.8, 4) is 0 Å². The second-order valence-electron chi connectivity index (χ2n) is 5.86. The zero-order valence-corrected chi connectivity index (χ0v) is 12.7. The fourth-order valence-corrected chi connectivity index (χ4v) is 3.29. The Hall–Kier alpha value is -0.660. The molecule has 6 nitrogen and oxygen atoms in total. The predicted molar refractivity (Wildman–Crippen MR) is 72.9 cm³/mol. The van der Waals surface area contributed by atoms with Gasteiger partial charge in [-0.25, -0.2) is 4.72 Å². The van der Waals surface area contributed by atoms with Crippen molar-refractivity contribution >= 4 is 16.2 Å². The lowest BCUT2D eigenvalue weighted by atomic mass is 9.91. The highest BCUT2D eigenvalue weighted by Crippen LogP contribution is 2.21. The van der Waals surface area contributed by atoms with Crippen LogP contribution in [0.1, 0.15) is 40.0 Å². The highest BCUT2D eigenvalue weighted by molar-refractivity contribution is 7.87. The summed E-state index contributed by atoms with van der Waals surface area (Å²) >= 11 is 0. The molecule has 0 saturated carbocycles. The van der Waals surface area contributed by atoms with E-state index in [-0.39, 0.29) is 18.5 Å². The first-order valence-electron chi connectivity index (χ1n) is 6.65. The van der Waals surface area contributed by atoms with Crippen molar-refractivity contribution in [2.75, 3.05) is 19.6 Å². The van der Waals surface area contributed by atoms with Gasteiger partial charge in [-0.15, -0.1) is 0 Å². The van der Waals surface area contributed by atoms with E-state index in [0.717, 1.165) is 6.42 Å². The van der Waals surface area contributed by atoms with Crippen molar-refractivity contribution in [2.45, 2.75) is 40.0 Å². The van der Waals surface area contributed by atoms with E-state index in [1.807, 2.05) is 20.8 Å². The van der Waals surface area contributed by atoms with Gasteiger partial charge in [0.1, 0.15) is 0 Å². The van der Waals surface area contributed by atoms with Crippen LogP contribution in [0.25, 0.3) is 0 Å².